The molecule has 104 valence electrons. The quantitative estimate of drug-likeness (QED) is 0.564. The summed E-state index contributed by atoms with van der Waals surface area (Å²) in [6, 6.07) is 13.1. The number of nitrogens with zero attached hydrogens (tertiary/aromatic N) is 1. The Balaban J connectivity index is 2.08. The van der Waals surface area contributed by atoms with Crippen molar-refractivity contribution >= 4 is 39.2 Å². The van der Waals surface area contributed by atoms with E-state index in [2.05, 4.69) is 22.0 Å². The van der Waals surface area contributed by atoms with Crippen molar-refractivity contribution in [1.29, 1.82) is 5.26 Å². The fourth-order valence-corrected chi connectivity index (χ4v) is 2.72. The first-order valence-corrected chi connectivity index (χ1v) is 7.32. The summed E-state index contributed by atoms with van der Waals surface area (Å²) in [4.78, 5) is 0. The van der Waals surface area contributed by atoms with Gasteiger partial charge < -0.3 is 9.47 Å². The Labute approximate surface area is 135 Å². The van der Waals surface area contributed by atoms with Crippen molar-refractivity contribution in [3.05, 3.63) is 57.0 Å². The monoisotopic (exact) mass is 361 g/mol. The van der Waals surface area contributed by atoms with E-state index in [1.54, 1.807) is 12.1 Å². The molecule has 2 aromatic carbocycles. The molecule has 0 amide bonds. The van der Waals surface area contributed by atoms with E-state index >= 15 is 0 Å². The fourth-order valence-electron chi connectivity index (χ4n) is 2.05. The number of nitriles is 1. The van der Waals surface area contributed by atoms with Crippen LogP contribution in [-0.4, -0.2) is 6.79 Å². The van der Waals surface area contributed by atoms with Crippen LogP contribution in [0.4, 0.5) is 0 Å². The van der Waals surface area contributed by atoms with Crippen LogP contribution in [0.25, 0.3) is 11.6 Å². The third-order valence-corrected chi connectivity index (χ3v) is 4.09. The van der Waals surface area contributed by atoms with Gasteiger partial charge in [0.15, 0.2) is 11.5 Å². The number of hydrogen-bond acceptors (Lipinski definition) is 3. The van der Waals surface area contributed by atoms with Gasteiger partial charge in [-0.1, -0.05) is 45.7 Å². The van der Waals surface area contributed by atoms with Gasteiger partial charge in [-0.25, -0.2) is 0 Å². The topological polar surface area (TPSA) is 42.2 Å². The number of hydrogen-bond donors (Lipinski definition) is 0. The van der Waals surface area contributed by atoms with E-state index in [0.717, 1.165) is 10.0 Å². The highest BCUT2D eigenvalue weighted by Gasteiger charge is 2.16. The lowest BCUT2D eigenvalue weighted by molar-refractivity contribution is 0.174. The maximum Gasteiger partial charge on any atom is 0.231 e. The average molecular weight is 363 g/mol. The van der Waals surface area contributed by atoms with E-state index in [1.807, 2.05) is 30.3 Å². The number of benzene rings is 2. The fraction of sp³-hybridized carbons (Fsp3) is 0.0625. The molecule has 0 atom stereocenters. The summed E-state index contributed by atoms with van der Waals surface area (Å²) in [6.07, 6.45) is 1.77. The molecule has 0 bridgehead atoms. The predicted octanol–water partition coefficient (Wildman–Crippen LogP) is 4.90. The minimum atomic E-state index is 0.213. The van der Waals surface area contributed by atoms with E-state index in [0.29, 0.717) is 27.7 Å². The van der Waals surface area contributed by atoms with Crippen molar-refractivity contribution in [1.82, 2.24) is 0 Å². The second kappa shape index (κ2) is 5.80. The van der Waals surface area contributed by atoms with Gasteiger partial charge in [0.25, 0.3) is 0 Å². The van der Waals surface area contributed by atoms with Crippen LogP contribution in [0.3, 0.4) is 0 Å². The molecule has 3 nitrogen and oxygen atoms in total. The molecular formula is C16H9BrClNO2. The van der Waals surface area contributed by atoms with Crippen LogP contribution < -0.4 is 9.47 Å². The van der Waals surface area contributed by atoms with E-state index in [4.69, 9.17) is 21.1 Å². The number of ether oxygens (including phenoxy) is 2. The number of fused-ring (bicyclic) bond motifs is 1. The van der Waals surface area contributed by atoms with E-state index in [-0.39, 0.29) is 6.79 Å². The van der Waals surface area contributed by atoms with Gasteiger partial charge in [0, 0.05) is 15.1 Å². The Bertz CT molecular complexity index is 780. The van der Waals surface area contributed by atoms with Gasteiger partial charge in [-0.3, -0.25) is 0 Å². The van der Waals surface area contributed by atoms with Gasteiger partial charge in [0.2, 0.25) is 6.79 Å². The zero-order valence-electron chi connectivity index (χ0n) is 10.8. The third-order valence-electron chi connectivity index (χ3n) is 3.08. The molecule has 0 aliphatic carbocycles. The zero-order valence-corrected chi connectivity index (χ0v) is 13.1. The first-order chi connectivity index (χ1) is 10.2. The van der Waals surface area contributed by atoms with Crippen LogP contribution in [0.2, 0.25) is 5.02 Å². The standard InChI is InChI=1S/C16H9BrClNO2/c17-13-7-16-15(20-9-21-16)6-10(13)5-11(8-19)12-3-1-2-4-14(12)18/h1-7H,9H2. The number of halogens is 2. The predicted molar refractivity (Wildman–Crippen MR) is 85.2 cm³/mol. The normalized spacial score (nSPS) is 13.1. The lowest BCUT2D eigenvalue weighted by Crippen LogP contribution is -1.92. The van der Waals surface area contributed by atoms with Crippen LogP contribution in [0.15, 0.2) is 40.9 Å². The van der Waals surface area contributed by atoms with Gasteiger partial charge in [-0.05, 0) is 29.8 Å². The first kappa shape index (κ1) is 14.0. The molecule has 0 saturated carbocycles. The Hall–Kier alpha value is -1.96. The van der Waals surface area contributed by atoms with Gasteiger partial charge in [0.1, 0.15) is 0 Å². The van der Waals surface area contributed by atoms with Crippen LogP contribution in [0.1, 0.15) is 11.1 Å². The zero-order chi connectivity index (χ0) is 14.8. The van der Waals surface area contributed by atoms with E-state index in [1.165, 1.54) is 0 Å². The van der Waals surface area contributed by atoms with Crippen LogP contribution in [-0.2, 0) is 0 Å². The van der Waals surface area contributed by atoms with Crippen molar-refractivity contribution in [2.75, 3.05) is 6.79 Å². The molecule has 5 heteroatoms. The van der Waals surface area contributed by atoms with Crippen molar-refractivity contribution in [3.63, 3.8) is 0 Å². The molecule has 0 spiro atoms. The highest BCUT2D eigenvalue weighted by atomic mass is 79.9. The van der Waals surface area contributed by atoms with Crippen LogP contribution >= 0.6 is 27.5 Å². The molecule has 1 aliphatic heterocycles. The molecule has 0 fully saturated rings. The summed E-state index contributed by atoms with van der Waals surface area (Å²) in [5.74, 6) is 1.36. The number of rotatable bonds is 2. The van der Waals surface area contributed by atoms with Gasteiger partial charge in [-0.15, -0.1) is 0 Å². The van der Waals surface area contributed by atoms with E-state index < -0.39 is 0 Å². The second-order valence-corrected chi connectivity index (χ2v) is 5.64. The minimum Gasteiger partial charge on any atom is -0.454 e. The molecule has 3 rings (SSSR count). The molecule has 1 heterocycles. The summed E-state index contributed by atoms with van der Waals surface area (Å²) < 4.78 is 11.5. The summed E-state index contributed by atoms with van der Waals surface area (Å²) in [5, 5.41) is 9.95. The highest BCUT2D eigenvalue weighted by molar-refractivity contribution is 9.10. The molecule has 0 aromatic heterocycles. The molecule has 0 saturated heterocycles. The molecule has 1 aliphatic rings. The maximum atomic E-state index is 9.40. The molecule has 0 N–H and O–H groups in total. The van der Waals surface area contributed by atoms with Gasteiger partial charge in [-0.2, -0.15) is 5.26 Å². The molecular weight excluding hydrogens is 354 g/mol. The van der Waals surface area contributed by atoms with Crippen LogP contribution in [0.5, 0.6) is 11.5 Å². The highest BCUT2D eigenvalue weighted by Crippen LogP contribution is 2.38. The smallest absolute Gasteiger partial charge is 0.231 e. The maximum absolute atomic E-state index is 9.40. The lowest BCUT2D eigenvalue weighted by atomic mass is 10.0. The molecule has 2 aromatic rings. The Morgan fingerprint density at radius 1 is 1.24 bits per heavy atom. The summed E-state index contributed by atoms with van der Waals surface area (Å²) >= 11 is 9.63. The van der Waals surface area contributed by atoms with Gasteiger partial charge >= 0.3 is 0 Å². The first-order valence-electron chi connectivity index (χ1n) is 6.15. The van der Waals surface area contributed by atoms with Gasteiger partial charge in [0.05, 0.1) is 11.6 Å². The Morgan fingerprint density at radius 2 is 1.95 bits per heavy atom. The number of allylic oxidation sites excluding steroid dienone is 1. The van der Waals surface area contributed by atoms with Crippen LogP contribution in [0, 0.1) is 11.3 Å². The van der Waals surface area contributed by atoms with Crippen molar-refractivity contribution in [3.8, 4) is 17.6 Å². The molecule has 0 radical (unpaired) electrons. The summed E-state index contributed by atoms with van der Waals surface area (Å²) in [7, 11) is 0. The van der Waals surface area contributed by atoms with E-state index in [9.17, 15) is 5.26 Å². The van der Waals surface area contributed by atoms with Crippen molar-refractivity contribution < 1.29 is 9.47 Å². The van der Waals surface area contributed by atoms with Crippen molar-refractivity contribution in [2.45, 2.75) is 0 Å². The molecule has 0 unspecified atom stereocenters. The third kappa shape index (κ3) is 2.76. The summed E-state index contributed by atoms with van der Waals surface area (Å²) in [5.41, 5.74) is 2.02. The van der Waals surface area contributed by atoms with Crippen molar-refractivity contribution in [2.24, 2.45) is 0 Å². The minimum absolute atomic E-state index is 0.213. The molecule has 21 heavy (non-hydrogen) atoms. The SMILES string of the molecule is N#CC(=Cc1cc2c(cc1Br)OCO2)c1ccccc1Cl. The second-order valence-electron chi connectivity index (χ2n) is 4.38. The lowest BCUT2D eigenvalue weighted by Gasteiger charge is -2.05. The largest absolute Gasteiger partial charge is 0.454 e. The average Bonchev–Trinajstić information content (AvgIpc) is 2.92. The summed E-state index contributed by atoms with van der Waals surface area (Å²) in [6.45, 7) is 0.213. The Kier molecular flexibility index (Phi) is 3.87. The Morgan fingerprint density at radius 3 is 2.67 bits per heavy atom.